The Kier molecular flexibility index (Phi) is 6.70. The number of rotatable bonds is 9. The zero-order valence-corrected chi connectivity index (χ0v) is 11.3. The summed E-state index contributed by atoms with van der Waals surface area (Å²) < 4.78 is 15.4. The lowest BCUT2D eigenvalue weighted by Crippen LogP contribution is -2.22. The van der Waals surface area contributed by atoms with E-state index in [1.54, 1.807) is 20.3 Å². The molecule has 19 heavy (non-hydrogen) atoms. The van der Waals surface area contributed by atoms with Gasteiger partial charge in [0.05, 0.1) is 13.7 Å². The summed E-state index contributed by atoms with van der Waals surface area (Å²) >= 11 is 0. The predicted molar refractivity (Wildman–Crippen MR) is 71.3 cm³/mol. The van der Waals surface area contributed by atoms with E-state index in [1.165, 1.54) is 0 Å². The lowest BCUT2D eigenvalue weighted by atomic mass is 10.2. The third-order valence-electron chi connectivity index (χ3n) is 2.44. The molecule has 0 heterocycles. The number of ether oxygens (including phenoxy) is 3. The second kappa shape index (κ2) is 8.34. The van der Waals surface area contributed by atoms with E-state index in [2.05, 4.69) is 5.32 Å². The molecule has 0 spiro atoms. The van der Waals surface area contributed by atoms with Gasteiger partial charge in [0, 0.05) is 31.8 Å². The van der Waals surface area contributed by atoms with Crippen LogP contribution in [0.15, 0.2) is 18.2 Å². The molecular weight excluding hydrogens is 248 g/mol. The van der Waals surface area contributed by atoms with E-state index in [9.17, 15) is 4.79 Å². The van der Waals surface area contributed by atoms with Gasteiger partial charge < -0.3 is 25.3 Å². The Labute approximate surface area is 112 Å². The molecule has 106 valence electrons. The number of hydrogen-bond acceptors (Lipinski definition) is 5. The summed E-state index contributed by atoms with van der Waals surface area (Å²) in [5.41, 5.74) is 6.00. The molecule has 0 saturated heterocycles. The van der Waals surface area contributed by atoms with Gasteiger partial charge in [-0.05, 0) is 6.07 Å². The van der Waals surface area contributed by atoms with Crippen LogP contribution in [0.2, 0.25) is 0 Å². The van der Waals surface area contributed by atoms with Crippen molar-refractivity contribution in [1.29, 1.82) is 0 Å². The molecule has 0 aromatic heterocycles. The van der Waals surface area contributed by atoms with E-state index in [4.69, 9.17) is 19.9 Å². The van der Waals surface area contributed by atoms with Gasteiger partial charge in [0.2, 0.25) is 0 Å². The number of carbonyl (C=O) groups is 1. The molecule has 0 bridgehead atoms. The minimum atomic E-state index is -0.513. The first-order valence-electron chi connectivity index (χ1n) is 5.95. The zero-order valence-electron chi connectivity index (χ0n) is 11.3. The van der Waals surface area contributed by atoms with Gasteiger partial charge in [0.15, 0.2) is 6.61 Å². The summed E-state index contributed by atoms with van der Waals surface area (Å²) in [6.07, 6.45) is 0. The van der Waals surface area contributed by atoms with Crippen LogP contribution in [-0.4, -0.2) is 39.9 Å². The van der Waals surface area contributed by atoms with E-state index >= 15 is 0 Å². The molecule has 1 amide bonds. The van der Waals surface area contributed by atoms with E-state index < -0.39 is 5.91 Å². The average molecular weight is 268 g/mol. The zero-order chi connectivity index (χ0) is 14.1. The summed E-state index contributed by atoms with van der Waals surface area (Å²) in [6, 6.07) is 5.45. The number of carbonyl (C=O) groups excluding carboxylic acids is 1. The van der Waals surface area contributed by atoms with Crippen LogP contribution in [0.1, 0.15) is 5.56 Å². The van der Waals surface area contributed by atoms with Gasteiger partial charge in [0.25, 0.3) is 5.91 Å². The second-order valence-electron chi connectivity index (χ2n) is 3.90. The Morgan fingerprint density at radius 1 is 1.37 bits per heavy atom. The molecule has 1 aromatic carbocycles. The summed E-state index contributed by atoms with van der Waals surface area (Å²) in [4.78, 5) is 10.8. The lowest BCUT2D eigenvalue weighted by molar-refractivity contribution is -0.119. The van der Waals surface area contributed by atoms with Crippen molar-refractivity contribution in [2.45, 2.75) is 6.54 Å². The number of primary amides is 1. The fraction of sp³-hybridized carbons (Fsp3) is 0.462. The SMILES string of the molecule is COCCNCc1ccc(OC)cc1OCC(N)=O. The molecule has 0 atom stereocenters. The van der Waals surface area contributed by atoms with Crippen LogP contribution in [0.4, 0.5) is 0 Å². The van der Waals surface area contributed by atoms with Crippen LogP contribution in [0.3, 0.4) is 0 Å². The van der Waals surface area contributed by atoms with Gasteiger partial charge in [0.1, 0.15) is 11.5 Å². The van der Waals surface area contributed by atoms with Crippen LogP contribution < -0.4 is 20.5 Å². The Hall–Kier alpha value is -1.79. The molecule has 0 aliphatic rings. The molecule has 1 rings (SSSR count). The maximum Gasteiger partial charge on any atom is 0.255 e. The number of amides is 1. The Balaban J connectivity index is 2.68. The molecule has 0 aliphatic heterocycles. The van der Waals surface area contributed by atoms with E-state index in [0.717, 1.165) is 12.1 Å². The van der Waals surface area contributed by atoms with Crippen molar-refractivity contribution < 1.29 is 19.0 Å². The third-order valence-corrected chi connectivity index (χ3v) is 2.44. The average Bonchev–Trinajstić information content (AvgIpc) is 2.42. The predicted octanol–water partition coefficient (Wildman–Crippen LogP) is 0.295. The third kappa shape index (κ3) is 5.58. The van der Waals surface area contributed by atoms with Crippen molar-refractivity contribution in [2.24, 2.45) is 5.73 Å². The van der Waals surface area contributed by atoms with Crippen LogP contribution in [0.5, 0.6) is 11.5 Å². The van der Waals surface area contributed by atoms with Gasteiger partial charge in [-0.2, -0.15) is 0 Å². The molecule has 0 saturated carbocycles. The molecule has 3 N–H and O–H groups in total. The first-order valence-corrected chi connectivity index (χ1v) is 5.95. The first kappa shape index (κ1) is 15.3. The summed E-state index contributed by atoms with van der Waals surface area (Å²) in [6.45, 7) is 1.82. The number of benzene rings is 1. The minimum Gasteiger partial charge on any atom is -0.497 e. The molecule has 0 radical (unpaired) electrons. The molecular formula is C13H20N2O4. The van der Waals surface area contributed by atoms with Crippen molar-refractivity contribution in [3.8, 4) is 11.5 Å². The van der Waals surface area contributed by atoms with Crippen molar-refractivity contribution in [3.05, 3.63) is 23.8 Å². The van der Waals surface area contributed by atoms with Crippen LogP contribution in [0.25, 0.3) is 0 Å². The van der Waals surface area contributed by atoms with Gasteiger partial charge in [-0.3, -0.25) is 4.79 Å². The van der Waals surface area contributed by atoms with Crippen LogP contribution >= 0.6 is 0 Å². The minimum absolute atomic E-state index is 0.155. The highest BCUT2D eigenvalue weighted by Gasteiger charge is 2.07. The Morgan fingerprint density at radius 2 is 2.16 bits per heavy atom. The highest BCUT2D eigenvalue weighted by molar-refractivity contribution is 5.75. The quantitative estimate of drug-likeness (QED) is 0.629. The van der Waals surface area contributed by atoms with Gasteiger partial charge in [-0.15, -0.1) is 0 Å². The Bertz CT molecular complexity index is 410. The smallest absolute Gasteiger partial charge is 0.255 e. The van der Waals surface area contributed by atoms with Crippen molar-refractivity contribution in [3.63, 3.8) is 0 Å². The summed E-state index contributed by atoms with van der Waals surface area (Å²) in [5.74, 6) is 0.740. The van der Waals surface area contributed by atoms with Crippen LogP contribution in [-0.2, 0) is 16.1 Å². The number of nitrogens with two attached hydrogens (primary N) is 1. The molecule has 1 aromatic rings. The molecule has 0 aliphatic carbocycles. The van der Waals surface area contributed by atoms with Crippen molar-refractivity contribution in [1.82, 2.24) is 5.32 Å². The fourth-order valence-corrected chi connectivity index (χ4v) is 1.49. The second-order valence-corrected chi connectivity index (χ2v) is 3.90. The molecule has 0 unspecified atom stereocenters. The Morgan fingerprint density at radius 3 is 2.79 bits per heavy atom. The number of hydrogen-bond donors (Lipinski definition) is 2. The van der Waals surface area contributed by atoms with Crippen molar-refractivity contribution in [2.75, 3.05) is 34.0 Å². The number of nitrogens with one attached hydrogen (secondary N) is 1. The maximum atomic E-state index is 10.8. The lowest BCUT2D eigenvalue weighted by Gasteiger charge is -2.12. The van der Waals surface area contributed by atoms with Gasteiger partial charge >= 0.3 is 0 Å². The monoisotopic (exact) mass is 268 g/mol. The van der Waals surface area contributed by atoms with Gasteiger partial charge in [-0.25, -0.2) is 0 Å². The normalized spacial score (nSPS) is 10.2. The highest BCUT2D eigenvalue weighted by Crippen LogP contribution is 2.24. The maximum absolute atomic E-state index is 10.8. The summed E-state index contributed by atoms with van der Waals surface area (Å²) in [7, 11) is 3.22. The number of methoxy groups -OCH3 is 2. The molecule has 6 nitrogen and oxygen atoms in total. The highest BCUT2D eigenvalue weighted by atomic mass is 16.5. The molecule has 6 heteroatoms. The molecule has 0 fully saturated rings. The summed E-state index contributed by atoms with van der Waals surface area (Å²) in [5, 5.41) is 3.21. The standard InChI is InChI=1S/C13H20N2O4/c1-17-6-5-15-8-10-3-4-11(18-2)7-12(10)19-9-13(14)16/h3-4,7,15H,5-6,8-9H2,1-2H3,(H2,14,16). The van der Waals surface area contributed by atoms with E-state index in [1.807, 2.05) is 12.1 Å². The topological polar surface area (TPSA) is 82.8 Å². The van der Waals surface area contributed by atoms with Crippen LogP contribution in [0, 0.1) is 0 Å². The first-order chi connectivity index (χ1) is 9.17. The fourth-order valence-electron chi connectivity index (χ4n) is 1.49. The van der Waals surface area contributed by atoms with Gasteiger partial charge in [-0.1, -0.05) is 6.07 Å². The largest absolute Gasteiger partial charge is 0.497 e. The van der Waals surface area contributed by atoms with E-state index in [0.29, 0.717) is 24.7 Å². The van der Waals surface area contributed by atoms with Crippen molar-refractivity contribution >= 4 is 5.91 Å². The van der Waals surface area contributed by atoms with E-state index in [-0.39, 0.29) is 6.61 Å².